The standard InChI is InChI=1S/C16H17Cl2N3O8S/c1-6-3-9(22)21(6)13(15(26)27)16(2,30(28)29)5-19-20-14(25)7-4-8(17)11(23)12(24)10(7)18/h4-6,13,23-24H,3H2,1-2H3,(H,20,25)(H,26,27)(H,28,29)/p-1/b19-5+/t6-,13+,16+/m1/s1. The number of hydrogen-bond donors (Lipinski definition) is 4. The predicted octanol–water partition coefficient (Wildman–Crippen LogP) is 0.832. The second-order valence-corrected chi connectivity index (χ2v) is 8.76. The van der Waals surface area contributed by atoms with Crippen molar-refractivity contribution in [1.29, 1.82) is 0 Å². The zero-order valence-corrected chi connectivity index (χ0v) is 17.8. The van der Waals surface area contributed by atoms with Crippen LogP contribution in [0.4, 0.5) is 0 Å². The lowest BCUT2D eigenvalue weighted by molar-refractivity contribution is -0.161. The summed E-state index contributed by atoms with van der Waals surface area (Å²) in [6.45, 7) is 2.59. The number of aliphatic carboxylic acids is 1. The van der Waals surface area contributed by atoms with Crippen LogP contribution >= 0.6 is 23.2 Å². The Balaban J connectivity index is 2.33. The number of aromatic hydroxyl groups is 2. The van der Waals surface area contributed by atoms with Crippen LogP contribution in [-0.4, -0.2) is 69.8 Å². The molecule has 0 bridgehead atoms. The number of hydrogen-bond acceptors (Lipinski definition) is 8. The third kappa shape index (κ3) is 4.21. The normalized spacial score (nSPS) is 20.4. The monoisotopic (exact) mass is 480 g/mol. The van der Waals surface area contributed by atoms with Gasteiger partial charge in [-0.2, -0.15) is 5.10 Å². The van der Waals surface area contributed by atoms with Gasteiger partial charge in [-0.3, -0.25) is 13.8 Å². The molecule has 30 heavy (non-hydrogen) atoms. The molecule has 11 nitrogen and oxygen atoms in total. The van der Waals surface area contributed by atoms with Gasteiger partial charge in [0.15, 0.2) is 17.5 Å². The van der Waals surface area contributed by atoms with E-state index in [4.69, 9.17) is 23.2 Å². The van der Waals surface area contributed by atoms with Crippen molar-refractivity contribution >= 4 is 58.3 Å². The van der Waals surface area contributed by atoms with Gasteiger partial charge in [-0.25, -0.2) is 10.2 Å². The van der Waals surface area contributed by atoms with Crippen LogP contribution in [0.5, 0.6) is 11.5 Å². The molecule has 1 fully saturated rings. The Morgan fingerprint density at radius 1 is 1.43 bits per heavy atom. The van der Waals surface area contributed by atoms with Gasteiger partial charge in [0.1, 0.15) is 0 Å². The number of carbonyl (C=O) groups excluding carboxylic acids is 2. The molecule has 0 aromatic heterocycles. The van der Waals surface area contributed by atoms with Gasteiger partial charge in [-0.05, 0) is 31.0 Å². The first-order chi connectivity index (χ1) is 13.8. The van der Waals surface area contributed by atoms with Crippen LogP contribution in [0, 0.1) is 0 Å². The number of carbonyl (C=O) groups is 3. The number of hydrazone groups is 1. The lowest BCUT2D eigenvalue weighted by Gasteiger charge is -2.48. The summed E-state index contributed by atoms with van der Waals surface area (Å²) in [6, 6.07) is -1.34. The van der Waals surface area contributed by atoms with Crippen molar-refractivity contribution < 1.29 is 38.5 Å². The number of carboxylic acids is 1. The minimum Gasteiger partial charge on any atom is -0.772 e. The van der Waals surface area contributed by atoms with Crippen LogP contribution < -0.4 is 5.43 Å². The second kappa shape index (κ2) is 8.76. The molecular weight excluding hydrogens is 465 g/mol. The second-order valence-electron chi connectivity index (χ2n) is 6.63. The van der Waals surface area contributed by atoms with Gasteiger partial charge in [0.25, 0.3) is 5.91 Å². The van der Waals surface area contributed by atoms with E-state index in [-0.39, 0.29) is 17.0 Å². The van der Waals surface area contributed by atoms with Gasteiger partial charge in [0.2, 0.25) is 5.91 Å². The van der Waals surface area contributed by atoms with Crippen molar-refractivity contribution in [2.75, 3.05) is 0 Å². The summed E-state index contributed by atoms with van der Waals surface area (Å²) >= 11 is 8.39. The fourth-order valence-corrected chi connectivity index (χ4v) is 3.84. The van der Waals surface area contributed by atoms with Gasteiger partial charge in [0, 0.05) is 18.7 Å². The summed E-state index contributed by atoms with van der Waals surface area (Å²) in [7, 11) is 0. The molecule has 0 aliphatic carbocycles. The highest BCUT2D eigenvalue weighted by atomic mass is 35.5. The third-order valence-corrected chi connectivity index (χ3v) is 6.26. The van der Waals surface area contributed by atoms with E-state index in [0.29, 0.717) is 6.21 Å². The molecule has 2 rings (SSSR count). The molecule has 1 heterocycles. The number of halogens is 2. The number of rotatable bonds is 7. The SMILES string of the molecule is C[C@@H]1CC(=O)N1[C@@H](C(=O)O)[C@](C)(/C=N/NC(=O)c1cc(Cl)c(O)c(O)c1Cl)S(=O)[O-]. The number of phenols is 2. The van der Waals surface area contributed by atoms with E-state index in [2.05, 4.69) is 5.10 Å². The maximum atomic E-state index is 12.3. The van der Waals surface area contributed by atoms with E-state index in [1.807, 2.05) is 5.43 Å². The summed E-state index contributed by atoms with van der Waals surface area (Å²) in [5.74, 6) is -4.73. The molecule has 14 heteroatoms. The number of amides is 2. The van der Waals surface area contributed by atoms with E-state index in [9.17, 15) is 38.5 Å². The minimum atomic E-state index is -3.06. The summed E-state index contributed by atoms with van der Waals surface area (Å²) < 4.78 is 21.5. The molecule has 0 radical (unpaired) electrons. The molecule has 1 aromatic rings. The van der Waals surface area contributed by atoms with Crippen molar-refractivity contribution in [2.45, 2.75) is 37.1 Å². The Morgan fingerprint density at radius 3 is 2.50 bits per heavy atom. The fourth-order valence-electron chi connectivity index (χ4n) is 2.88. The third-order valence-electron chi connectivity index (χ3n) is 4.54. The average molecular weight is 481 g/mol. The van der Waals surface area contributed by atoms with Crippen molar-refractivity contribution in [1.82, 2.24) is 10.3 Å². The largest absolute Gasteiger partial charge is 0.772 e. The first-order valence-electron chi connectivity index (χ1n) is 8.20. The molecule has 1 aromatic carbocycles. The smallest absolute Gasteiger partial charge is 0.328 e. The quantitative estimate of drug-likeness (QED) is 0.145. The summed E-state index contributed by atoms with van der Waals surface area (Å²) in [5, 5.41) is 31.3. The number of β-lactam (4-membered cyclic amide) rings is 1. The van der Waals surface area contributed by atoms with Crippen LogP contribution in [0.25, 0.3) is 0 Å². The number of carboxylic acid groups (broad SMARTS) is 1. The molecular formula is C16H16Cl2N3O8S-. The Morgan fingerprint density at radius 2 is 2.03 bits per heavy atom. The Hall–Kier alpha value is -2.41. The molecule has 1 saturated heterocycles. The zero-order chi connectivity index (χ0) is 23.0. The molecule has 2 amide bonds. The summed E-state index contributed by atoms with van der Waals surface area (Å²) in [6.07, 6.45) is 0.740. The Labute approximate surface area is 182 Å². The fraction of sp³-hybridized carbons (Fsp3) is 0.375. The summed E-state index contributed by atoms with van der Waals surface area (Å²) in [5.41, 5.74) is 1.55. The Bertz CT molecular complexity index is 972. The van der Waals surface area contributed by atoms with Gasteiger partial charge in [-0.1, -0.05) is 23.2 Å². The van der Waals surface area contributed by atoms with Gasteiger partial charge in [-0.15, -0.1) is 0 Å². The van der Waals surface area contributed by atoms with Gasteiger partial charge < -0.3 is 24.8 Å². The molecule has 1 unspecified atom stereocenters. The number of nitrogens with zero attached hydrogens (tertiary/aromatic N) is 2. The van der Waals surface area contributed by atoms with Crippen LogP contribution in [0.2, 0.25) is 10.0 Å². The number of nitrogens with one attached hydrogen (secondary N) is 1. The van der Waals surface area contributed by atoms with Crippen molar-refractivity contribution in [3.63, 3.8) is 0 Å². The molecule has 164 valence electrons. The van der Waals surface area contributed by atoms with E-state index in [1.165, 1.54) is 0 Å². The van der Waals surface area contributed by atoms with Crippen LogP contribution in [0.3, 0.4) is 0 Å². The lowest BCUT2D eigenvalue weighted by atomic mass is 9.92. The average Bonchev–Trinajstić information content (AvgIpc) is 2.66. The first-order valence-corrected chi connectivity index (χ1v) is 10.0. The zero-order valence-electron chi connectivity index (χ0n) is 15.5. The number of benzene rings is 1. The number of likely N-dealkylation sites (tertiary alicyclic amines) is 1. The molecule has 4 N–H and O–H groups in total. The van der Waals surface area contributed by atoms with Crippen molar-refractivity contribution in [3.05, 3.63) is 21.7 Å². The number of phenolic OH excluding ortho intramolecular Hbond substituents is 2. The minimum absolute atomic E-state index is 0.0723. The van der Waals surface area contributed by atoms with Crippen LogP contribution in [0.15, 0.2) is 11.2 Å². The molecule has 4 atom stereocenters. The van der Waals surface area contributed by atoms with Crippen LogP contribution in [0.1, 0.15) is 30.6 Å². The van der Waals surface area contributed by atoms with E-state index >= 15 is 0 Å². The van der Waals surface area contributed by atoms with Crippen molar-refractivity contribution in [2.24, 2.45) is 5.10 Å². The van der Waals surface area contributed by atoms with Gasteiger partial charge in [0.05, 0.1) is 20.4 Å². The Kier molecular flexibility index (Phi) is 6.97. The highest BCUT2D eigenvalue weighted by Crippen LogP contribution is 2.41. The maximum absolute atomic E-state index is 12.3. The maximum Gasteiger partial charge on any atom is 0.328 e. The van der Waals surface area contributed by atoms with Gasteiger partial charge >= 0.3 is 5.97 Å². The van der Waals surface area contributed by atoms with Crippen LogP contribution in [-0.2, 0) is 20.7 Å². The van der Waals surface area contributed by atoms with Crippen molar-refractivity contribution in [3.8, 4) is 11.5 Å². The molecule has 1 aliphatic heterocycles. The topological polar surface area (TPSA) is 180 Å². The summed E-state index contributed by atoms with van der Waals surface area (Å²) in [4.78, 5) is 36.7. The predicted molar refractivity (Wildman–Crippen MR) is 105 cm³/mol. The highest BCUT2D eigenvalue weighted by Gasteiger charge is 2.51. The van der Waals surface area contributed by atoms with E-state index < -0.39 is 62.2 Å². The highest BCUT2D eigenvalue weighted by molar-refractivity contribution is 7.81. The lowest BCUT2D eigenvalue weighted by Crippen LogP contribution is -2.67. The molecule has 0 saturated carbocycles. The first kappa shape index (κ1) is 23.9. The molecule has 0 spiro atoms. The van der Waals surface area contributed by atoms with E-state index in [0.717, 1.165) is 17.9 Å². The van der Waals surface area contributed by atoms with E-state index in [1.54, 1.807) is 6.92 Å². The molecule has 1 aliphatic rings.